The minimum absolute atomic E-state index is 0.0367. The number of primary amides is 1. The van der Waals surface area contributed by atoms with E-state index in [-0.39, 0.29) is 24.4 Å². The van der Waals surface area contributed by atoms with Crippen LogP contribution in [0.15, 0.2) is 12.1 Å². The molecule has 0 aromatic heterocycles. The molecule has 1 aromatic carbocycles. The Bertz CT molecular complexity index is 581. The maximum Gasteiger partial charge on any atom is 0.218 e. The molecule has 1 aliphatic rings. The fraction of sp³-hybridized carbons (Fsp3) is 0.438. The molecule has 106 valence electrons. The molecule has 1 fully saturated rings. The van der Waals surface area contributed by atoms with Gasteiger partial charge in [-0.2, -0.15) is 0 Å². The van der Waals surface area contributed by atoms with Crippen LogP contribution in [0.3, 0.4) is 0 Å². The lowest BCUT2D eigenvalue weighted by Crippen LogP contribution is -2.22. The molecule has 0 heterocycles. The molecule has 0 bridgehead atoms. The van der Waals surface area contributed by atoms with E-state index in [0.717, 1.165) is 22.3 Å². The maximum atomic E-state index is 12.4. The topological polar surface area (TPSA) is 77.2 Å². The molecule has 0 saturated heterocycles. The minimum atomic E-state index is -0.722. The molecule has 4 heteroatoms. The third kappa shape index (κ3) is 2.50. The van der Waals surface area contributed by atoms with Crippen LogP contribution in [0.2, 0.25) is 0 Å². The SMILES string of the molecule is Cc1cc(C)c(C2C(=O)CC(CC(N)=O)C2=O)c(C)c1. The Morgan fingerprint density at radius 1 is 1.20 bits per heavy atom. The highest BCUT2D eigenvalue weighted by atomic mass is 16.2. The van der Waals surface area contributed by atoms with E-state index in [1.54, 1.807) is 0 Å². The van der Waals surface area contributed by atoms with Gasteiger partial charge in [0, 0.05) is 18.8 Å². The van der Waals surface area contributed by atoms with E-state index in [4.69, 9.17) is 5.73 Å². The van der Waals surface area contributed by atoms with Gasteiger partial charge >= 0.3 is 0 Å². The number of aryl methyl sites for hydroxylation is 3. The Kier molecular flexibility index (Phi) is 3.75. The number of nitrogens with two attached hydrogens (primary N) is 1. The number of benzene rings is 1. The Morgan fingerprint density at radius 2 is 1.75 bits per heavy atom. The van der Waals surface area contributed by atoms with Crippen LogP contribution < -0.4 is 5.73 Å². The first-order chi connectivity index (χ1) is 9.31. The summed E-state index contributed by atoms with van der Waals surface area (Å²) in [5.41, 5.74) is 8.96. The van der Waals surface area contributed by atoms with Crippen LogP contribution in [-0.2, 0) is 14.4 Å². The fourth-order valence-corrected chi connectivity index (χ4v) is 3.22. The molecule has 0 aliphatic heterocycles. The summed E-state index contributed by atoms with van der Waals surface area (Å²) in [6.45, 7) is 5.81. The van der Waals surface area contributed by atoms with Gasteiger partial charge in [0.1, 0.15) is 11.7 Å². The van der Waals surface area contributed by atoms with Crippen LogP contribution in [0, 0.1) is 26.7 Å². The molecule has 2 unspecified atom stereocenters. The predicted octanol–water partition coefficient (Wildman–Crippen LogP) is 1.73. The highest BCUT2D eigenvalue weighted by molar-refractivity contribution is 6.15. The van der Waals surface area contributed by atoms with Crippen molar-refractivity contribution >= 4 is 17.5 Å². The number of carbonyl (C=O) groups is 3. The molecule has 1 amide bonds. The molecule has 1 aliphatic carbocycles. The molecular weight excluding hydrogens is 254 g/mol. The van der Waals surface area contributed by atoms with E-state index >= 15 is 0 Å². The van der Waals surface area contributed by atoms with Crippen LogP contribution in [0.1, 0.15) is 41.0 Å². The minimum Gasteiger partial charge on any atom is -0.370 e. The molecule has 2 rings (SSSR count). The summed E-state index contributed by atoms with van der Waals surface area (Å²) in [7, 11) is 0. The van der Waals surface area contributed by atoms with Gasteiger partial charge in [0.2, 0.25) is 5.91 Å². The Labute approximate surface area is 118 Å². The summed E-state index contributed by atoms with van der Waals surface area (Å²) < 4.78 is 0. The van der Waals surface area contributed by atoms with E-state index in [1.807, 2.05) is 32.9 Å². The lowest BCUT2D eigenvalue weighted by Gasteiger charge is -2.16. The average Bonchev–Trinajstić information content (AvgIpc) is 2.54. The molecule has 1 aromatic rings. The molecule has 20 heavy (non-hydrogen) atoms. The van der Waals surface area contributed by atoms with Crippen LogP contribution >= 0.6 is 0 Å². The number of amides is 1. The number of hydrogen-bond acceptors (Lipinski definition) is 3. The molecule has 1 saturated carbocycles. The summed E-state index contributed by atoms with van der Waals surface area (Å²) in [5, 5.41) is 0. The zero-order valence-corrected chi connectivity index (χ0v) is 12.0. The van der Waals surface area contributed by atoms with Crippen molar-refractivity contribution in [2.45, 2.75) is 39.5 Å². The van der Waals surface area contributed by atoms with Crippen LogP contribution in [0.25, 0.3) is 0 Å². The Balaban J connectivity index is 2.41. The quantitative estimate of drug-likeness (QED) is 0.852. The molecule has 4 nitrogen and oxygen atoms in total. The summed E-state index contributed by atoms with van der Waals surface area (Å²) in [6.07, 6.45) is 0.0875. The highest BCUT2D eigenvalue weighted by Gasteiger charge is 2.43. The lowest BCUT2D eigenvalue weighted by molar-refractivity contribution is -0.127. The van der Waals surface area contributed by atoms with E-state index in [1.165, 1.54) is 0 Å². The monoisotopic (exact) mass is 273 g/mol. The van der Waals surface area contributed by atoms with Gasteiger partial charge in [-0.05, 0) is 37.5 Å². The average molecular weight is 273 g/mol. The van der Waals surface area contributed by atoms with Gasteiger partial charge in [-0.25, -0.2) is 0 Å². The molecule has 2 N–H and O–H groups in total. The van der Waals surface area contributed by atoms with Gasteiger partial charge in [0.25, 0.3) is 0 Å². The number of carbonyl (C=O) groups excluding carboxylic acids is 3. The van der Waals surface area contributed by atoms with Crippen LogP contribution in [0.4, 0.5) is 0 Å². The summed E-state index contributed by atoms with van der Waals surface area (Å²) in [5.74, 6) is -2.07. The second-order valence-electron chi connectivity index (χ2n) is 5.69. The van der Waals surface area contributed by atoms with Gasteiger partial charge < -0.3 is 5.73 Å². The summed E-state index contributed by atoms with van der Waals surface area (Å²) >= 11 is 0. The van der Waals surface area contributed by atoms with E-state index in [9.17, 15) is 14.4 Å². The second-order valence-corrected chi connectivity index (χ2v) is 5.69. The molecule has 0 spiro atoms. The van der Waals surface area contributed by atoms with Crippen molar-refractivity contribution in [3.63, 3.8) is 0 Å². The first-order valence-corrected chi connectivity index (χ1v) is 6.73. The van der Waals surface area contributed by atoms with Crippen molar-refractivity contribution in [1.82, 2.24) is 0 Å². The van der Waals surface area contributed by atoms with Crippen molar-refractivity contribution in [1.29, 1.82) is 0 Å². The third-order valence-electron chi connectivity index (χ3n) is 3.93. The normalized spacial score (nSPS) is 22.4. The van der Waals surface area contributed by atoms with Gasteiger partial charge in [0.15, 0.2) is 5.78 Å². The van der Waals surface area contributed by atoms with Crippen molar-refractivity contribution in [3.05, 3.63) is 34.4 Å². The van der Waals surface area contributed by atoms with Crippen molar-refractivity contribution in [2.24, 2.45) is 11.7 Å². The van der Waals surface area contributed by atoms with Gasteiger partial charge in [-0.3, -0.25) is 14.4 Å². The summed E-state index contributed by atoms with van der Waals surface area (Å²) in [6, 6.07) is 3.95. The van der Waals surface area contributed by atoms with Crippen molar-refractivity contribution < 1.29 is 14.4 Å². The van der Waals surface area contributed by atoms with Crippen LogP contribution in [-0.4, -0.2) is 17.5 Å². The lowest BCUT2D eigenvalue weighted by atomic mass is 9.86. The van der Waals surface area contributed by atoms with Crippen molar-refractivity contribution in [2.75, 3.05) is 0 Å². The Morgan fingerprint density at radius 3 is 2.25 bits per heavy atom. The predicted molar refractivity (Wildman–Crippen MR) is 75.3 cm³/mol. The smallest absolute Gasteiger partial charge is 0.218 e. The van der Waals surface area contributed by atoms with Gasteiger partial charge in [0.05, 0.1) is 0 Å². The number of hydrogen-bond donors (Lipinski definition) is 1. The zero-order valence-electron chi connectivity index (χ0n) is 12.0. The highest BCUT2D eigenvalue weighted by Crippen LogP contribution is 2.37. The van der Waals surface area contributed by atoms with Gasteiger partial charge in [-0.1, -0.05) is 17.7 Å². The standard InChI is InChI=1S/C16H19NO3/c1-8-4-9(2)14(10(3)5-8)15-12(18)6-11(16(15)20)7-13(17)19/h4-5,11,15H,6-7H2,1-3H3,(H2,17,19). The van der Waals surface area contributed by atoms with Crippen molar-refractivity contribution in [3.8, 4) is 0 Å². The van der Waals surface area contributed by atoms with E-state index in [0.29, 0.717) is 0 Å². The largest absolute Gasteiger partial charge is 0.370 e. The molecule has 0 radical (unpaired) electrons. The third-order valence-corrected chi connectivity index (χ3v) is 3.93. The second kappa shape index (κ2) is 5.19. The Hall–Kier alpha value is -1.97. The number of rotatable bonds is 3. The van der Waals surface area contributed by atoms with E-state index in [2.05, 4.69) is 0 Å². The zero-order chi connectivity index (χ0) is 15.0. The first-order valence-electron chi connectivity index (χ1n) is 6.73. The summed E-state index contributed by atoms with van der Waals surface area (Å²) in [4.78, 5) is 35.6. The molecule has 2 atom stereocenters. The molecular formula is C16H19NO3. The maximum absolute atomic E-state index is 12.4. The number of ketones is 2. The van der Waals surface area contributed by atoms with E-state index < -0.39 is 17.7 Å². The first kappa shape index (κ1) is 14.4. The number of Topliss-reactive ketones (excluding diaryl/α,β-unsaturated/α-hetero) is 2. The van der Waals surface area contributed by atoms with Gasteiger partial charge in [-0.15, -0.1) is 0 Å². The fourth-order valence-electron chi connectivity index (χ4n) is 3.22. The van der Waals surface area contributed by atoms with Crippen LogP contribution in [0.5, 0.6) is 0 Å².